The molecule has 0 aliphatic rings. The SMILES string of the molecule is N#Cc1ccc(Nc2cnnc(NCCc3ccc(Cl)cc3)n2)cc1. The van der Waals surface area contributed by atoms with Crippen LogP contribution in [0.3, 0.4) is 0 Å². The van der Waals surface area contributed by atoms with Gasteiger partial charge in [-0.05, 0) is 48.4 Å². The van der Waals surface area contributed by atoms with Gasteiger partial charge in [-0.1, -0.05) is 23.7 Å². The van der Waals surface area contributed by atoms with Crippen LogP contribution in [0.2, 0.25) is 5.02 Å². The van der Waals surface area contributed by atoms with Crippen LogP contribution in [0.1, 0.15) is 11.1 Å². The maximum Gasteiger partial charge on any atom is 0.244 e. The minimum absolute atomic E-state index is 0.451. The minimum Gasteiger partial charge on any atom is -0.353 e. The molecule has 0 amide bonds. The Morgan fingerprint density at radius 1 is 1.04 bits per heavy atom. The highest BCUT2D eigenvalue weighted by atomic mass is 35.5. The van der Waals surface area contributed by atoms with Crippen molar-refractivity contribution in [3.63, 3.8) is 0 Å². The zero-order chi connectivity index (χ0) is 17.5. The van der Waals surface area contributed by atoms with Crippen molar-refractivity contribution in [1.29, 1.82) is 5.26 Å². The van der Waals surface area contributed by atoms with Gasteiger partial charge in [0.2, 0.25) is 5.95 Å². The molecule has 6 nitrogen and oxygen atoms in total. The second-order valence-corrected chi connectivity index (χ2v) is 5.72. The van der Waals surface area contributed by atoms with E-state index in [2.05, 4.69) is 31.9 Å². The largest absolute Gasteiger partial charge is 0.353 e. The average Bonchev–Trinajstić information content (AvgIpc) is 2.64. The van der Waals surface area contributed by atoms with Gasteiger partial charge >= 0.3 is 0 Å². The number of hydrogen-bond donors (Lipinski definition) is 2. The van der Waals surface area contributed by atoms with E-state index in [0.29, 0.717) is 23.9 Å². The van der Waals surface area contributed by atoms with Crippen molar-refractivity contribution >= 4 is 29.1 Å². The first-order valence-corrected chi connectivity index (χ1v) is 8.06. The number of hydrogen-bond acceptors (Lipinski definition) is 6. The Bertz CT molecular complexity index is 871. The van der Waals surface area contributed by atoms with Gasteiger partial charge in [0, 0.05) is 17.3 Å². The summed E-state index contributed by atoms with van der Waals surface area (Å²) in [6.45, 7) is 0.684. The van der Waals surface area contributed by atoms with Crippen LogP contribution >= 0.6 is 11.6 Å². The van der Waals surface area contributed by atoms with E-state index >= 15 is 0 Å². The number of nitrogens with zero attached hydrogens (tertiary/aromatic N) is 4. The predicted molar refractivity (Wildman–Crippen MR) is 97.9 cm³/mol. The number of aromatic nitrogens is 3. The maximum atomic E-state index is 8.82. The molecule has 0 aliphatic heterocycles. The van der Waals surface area contributed by atoms with E-state index in [1.54, 1.807) is 18.3 Å². The van der Waals surface area contributed by atoms with Gasteiger partial charge in [-0.25, -0.2) is 0 Å². The molecular weight excluding hydrogens is 336 g/mol. The molecule has 2 aromatic carbocycles. The fourth-order valence-corrected chi connectivity index (χ4v) is 2.31. The predicted octanol–water partition coefficient (Wildman–Crippen LogP) is 3.79. The number of nitriles is 1. The van der Waals surface area contributed by atoms with Crippen LogP contribution in [0.25, 0.3) is 0 Å². The summed E-state index contributed by atoms with van der Waals surface area (Å²) in [4.78, 5) is 4.37. The van der Waals surface area contributed by atoms with E-state index in [1.807, 2.05) is 36.4 Å². The number of benzene rings is 2. The van der Waals surface area contributed by atoms with Crippen LogP contribution in [-0.2, 0) is 6.42 Å². The molecule has 3 rings (SSSR count). The molecule has 3 aromatic rings. The first-order valence-electron chi connectivity index (χ1n) is 7.68. The fraction of sp³-hybridized carbons (Fsp3) is 0.111. The third-order valence-electron chi connectivity index (χ3n) is 3.46. The highest BCUT2D eigenvalue weighted by molar-refractivity contribution is 6.30. The van der Waals surface area contributed by atoms with Crippen molar-refractivity contribution in [2.24, 2.45) is 0 Å². The number of halogens is 1. The molecule has 7 heteroatoms. The third-order valence-corrected chi connectivity index (χ3v) is 3.71. The first kappa shape index (κ1) is 16.7. The molecule has 0 saturated heterocycles. The van der Waals surface area contributed by atoms with E-state index in [4.69, 9.17) is 16.9 Å². The summed E-state index contributed by atoms with van der Waals surface area (Å²) in [6, 6.07) is 16.9. The second-order valence-electron chi connectivity index (χ2n) is 5.28. The van der Waals surface area contributed by atoms with Gasteiger partial charge in [0.05, 0.1) is 17.8 Å². The lowest BCUT2D eigenvalue weighted by Crippen LogP contribution is -2.09. The lowest BCUT2D eigenvalue weighted by Gasteiger charge is -2.08. The van der Waals surface area contributed by atoms with Crippen molar-refractivity contribution in [2.75, 3.05) is 17.2 Å². The van der Waals surface area contributed by atoms with Gasteiger partial charge in [0.15, 0.2) is 5.82 Å². The van der Waals surface area contributed by atoms with E-state index < -0.39 is 0 Å². The van der Waals surface area contributed by atoms with E-state index in [-0.39, 0.29) is 0 Å². The minimum atomic E-state index is 0.451. The highest BCUT2D eigenvalue weighted by Crippen LogP contribution is 2.15. The van der Waals surface area contributed by atoms with E-state index in [9.17, 15) is 0 Å². The summed E-state index contributed by atoms with van der Waals surface area (Å²) in [6.07, 6.45) is 2.37. The Morgan fingerprint density at radius 2 is 1.80 bits per heavy atom. The molecule has 1 aromatic heterocycles. The summed E-state index contributed by atoms with van der Waals surface area (Å²) in [5.41, 5.74) is 2.61. The fourth-order valence-electron chi connectivity index (χ4n) is 2.18. The van der Waals surface area contributed by atoms with Crippen LogP contribution in [0.15, 0.2) is 54.7 Å². The van der Waals surface area contributed by atoms with Crippen LogP contribution in [-0.4, -0.2) is 21.7 Å². The molecule has 0 spiro atoms. The molecule has 0 fully saturated rings. The maximum absolute atomic E-state index is 8.82. The molecule has 0 bridgehead atoms. The van der Waals surface area contributed by atoms with Crippen LogP contribution < -0.4 is 10.6 Å². The average molecular weight is 351 g/mol. The van der Waals surface area contributed by atoms with E-state index in [1.165, 1.54) is 5.56 Å². The van der Waals surface area contributed by atoms with Gasteiger partial charge in [0.25, 0.3) is 0 Å². The van der Waals surface area contributed by atoms with Crippen molar-refractivity contribution in [3.05, 3.63) is 70.9 Å². The summed E-state index contributed by atoms with van der Waals surface area (Å²) in [5.74, 6) is 1.03. The standard InChI is InChI=1S/C18H15ClN6/c19-15-5-1-13(2-6-15)9-10-21-18-24-17(12-22-25-18)23-16-7-3-14(11-20)4-8-16/h1-8,12H,9-10H2,(H2,21,23,24,25). The Labute approximate surface area is 150 Å². The molecule has 0 radical (unpaired) electrons. The Hall–Kier alpha value is -3.17. The molecule has 25 heavy (non-hydrogen) atoms. The summed E-state index contributed by atoms with van der Waals surface area (Å²) < 4.78 is 0. The number of nitrogens with one attached hydrogen (secondary N) is 2. The van der Waals surface area contributed by atoms with Gasteiger partial charge in [-0.3, -0.25) is 0 Å². The molecule has 0 unspecified atom stereocenters. The third kappa shape index (κ3) is 4.90. The molecule has 0 aliphatic carbocycles. The number of rotatable bonds is 6. The summed E-state index contributed by atoms with van der Waals surface area (Å²) >= 11 is 5.88. The monoisotopic (exact) mass is 350 g/mol. The molecule has 124 valence electrons. The van der Waals surface area contributed by atoms with Crippen LogP contribution in [0.5, 0.6) is 0 Å². The zero-order valence-electron chi connectivity index (χ0n) is 13.3. The van der Waals surface area contributed by atoms with Crippen LogP contribution in [0.4, 0.5) is 17.5 Å². The normalized spacial score (nSPS) is 10.1. The Kier molecular flexibility index (Phi) is 5.39. The van der Waals surface area contributed by atoms with Crippen LogP contribution in [0, 0.1) is 11.3 Å². The quantitative estimate of drug-likeness (QED) is 0.703. The van der Waals surface area contributed by atoms with Gasteiger partial charge in [-0.2, -0.15) is 15.3 Å². The number of anilines is 3. The molecule has 0 atom stereocenters. The van der Waals surface area contributed by atoms with Gasteiger partial charge in [0.1, 0.15) is 0 Å². The molecular formula is C18H15ClN6. The summed E-state index contributed by atoms with van der Waals surface area (Å²) in [5, 5.41) is 23.8. The second kappa shape index (κ2) is 8.08. The van der Waals surface area contributed by atoms with Gasteiger partial charge in [-0.15, -0.1) is 5.10 Å². The zero-order valence-corrected chi connectivity index (χ0v) is 14.0. The van der Waals surface area contributed by atoms with Gasteiger partial charge < -0.3 is 10.6 Å². The highest BCUT2D eigenvalue weighted by Gasteiger charge is 2.02. The Balaban J connectivity index is 1.57. The molecule has 0 saturated carbocycles. The van der Waals surface area contributed by atoms with Crippen molar-refractivity contribution in [3.8, 4) is 6.07 Å². The Morgan fingerprint density at radius 3 is 2.52 bits per heavy atom. The van der Waals surface area contributed by atoms with Crippen molar-refractivity contribution < 1.29 is 0 Å². The van der Waals surface area contributed by atoms with Crippen molar-refractivity contribution in [1.82, 2.24) is 15.2 Å². The topological polar surface area (TPSA) is 86.5 Å². The van der Waals surface area contributed by atoms with Crippen molar-refractivity contribution in [2.45, 2.75) is 6.42 Å². The first-order chi connectivity index (χ1) is 12.2. The van der Waals surface area contributed by atoms with E-state index in [0.717, 1.165) is 17.1 Å². The summed E-state index contributed by atoms with van der Waals surface area (Å²) in [7, 11) is 0. The lowest BCUT2D eigenvalue weighted by atomic mass is 10.1. The molecule has 2 N–H and O–H groups in total. The smallest absolute Gasteiger partial charge is 0.244 e. The lowest BCUT2D eigenvalue weighted by molar-refractivity contribution is 0.929. The molecule has 1 heterocycles.